The van der Waals surface area contributed by atoms with Crippen molar-refractivity contribution in [1.29, 1.82) is 0 Å². The zero-order valence-corrected chi connectivity index (χ0v) is 26.5. The van der Waals surface area contributed by atoms with Crippen LogP contribution in [-0.2, 0) is 15.3 Å². The van der Waals surface area contributed by atoms with E-state index in [9.17, 15) is 4.79 Å². The number of halogens is 2. The van der Waals surface area contributed by atoms with Crippen LogP contribution in [0.2, 0.25) is 5.02 Å². The second-order valence-corrected chi connectivity index (χ2v) is 11.7. The predicted molar refractivity (Wildman–Crippen MR) is 162 cm³/mol. The summed E-state index contributed by atoms with van der Waals surface area (Å²) >= 11 is 11.5. The molecule has 1 aliphatic rings. The Morgan fingerprint density at radius 1 is 1.25 bits per heavy atom. The fourth-order valence-electron chi connectivity index (χ4n) is 4.27. The summed E-state index contributed by atoms with van der Waals surface area (Å²) in [4.78, 5) is 18.2. The summed E-state index contributed by atoms with van der Waals surface area (Å²) < 4.78 is 20.2. The first kappa shape index (κ1) is 30.3. The molecule has 11 heteroatoms. The first-order valence-electron chi connectivity index (χ1n) is 13.3. The number of fused-ring (bicyclic) bond motifs is 1. The van der Waals surface area contributed by atoms with E-state index in [1.54, 1.807) is 4.68 Å². The molecule has 0 fully saturated rings. The highest BCUT2D eigenvalue weighted by molar-refractivity contribution is 9.10. The van der Waals surface area contributed by atoms with Crippen LogP contribution in [0.15, 0.2) is 57.3 Å². The third-order valence-electron chi connectivity index (χ3n) is 6.10. The number of unbranched alkanes of at least 4 members (excludes halogenated alkanes) is 1. The number of ether oxygens (including phenoxy) is 3. The van der Waals surface area contributed by atoms with Crippen molar-refractivity contribution in [1.82, 2.24) is 14.8 Å². The molecule has 8 nitrogen and oxygen atoms in total. The number of nitrogens with zero attached hydrogens (tertiary/aromatic N) is 3. The average Bonchev–Trinajstić information content (AvgIpc) is 3.31. The summed E-state index contributed by atoms with van der Waals surface area (Å²) in [6, 6.07) is 10.9. The van der Waals surface area contributed by atoms with Crippen LogP contribution in [-0.4, -0.2) is 40.1 Å². The van der Waals surface area contributed by atoms with Crippen molar-refractivity contribution in [3.63, 3.8) is 0 Å². The molecule has 40 heavy (non-hydrogen) atoms. The molecule has 1 unspecified atom stereocenters. The minimum atomic E-state index is -0.601. The Kier molecular flexibility index (Phi) is 10.4. The van der Waals surface area contributed by atoms with E-state index in [0.717, 1.165) is 24.0 Å². The summed E-state index contributed by atoms with van der Waals surface area (Å²) in [6.07, 6.45) is 1.66. The highest BCUT2D eigenvalue weighted by Crippen LogP contribution is 2.44. The summed E-state index contributed by atoms with van der Waals surface area (Å²) in [7, 11) is 0. The molecule has 4 rings (SSSR count). The van der Waals surface area contributed by atoms with Gasteiger partial charge in [0.25, 0.3) is 0 Å². The number of hydrogen-bond donors (Lipinski definition) is 1. The number of hydrogen-bond acceptors (Lipinski definition) is 8. The van der Waals surface area contributed by atoms with E-state index in [4.69, 9.17) is 35.9 Å². The molecule has 0 amide bonds. The highest BCUT2D eigenvalue weighted by atomic mass is 79.9. The van der Waals surface area contributed by atoms with Gasteiger partial charge in [-0.1, -0.05) is 54.9 Å². The number of carbonyl (C=O) groups is 1. The molecule has 0 spiro atoms. The molecule has 0 bridgehead atoms. The monoisotopic (exact) mass is 648 g/mol. The average molecular weight is 650 g/mol. The molecule has 0 saturated carbocycles. The largest absolute Gasteiger partial charge is 0.490 e. The fourth-order valence-corrected chi connectivity index (χ4v) is 5.94. The van der Waals surface area contributed by atoms with Crippen LogP contribution in [0.5, 0.6) is 11.5 Å². The van der Waals surface area contributed by atoms with Crippen LogP contribution in [0.1, 0.15) is 64.6 Å². The van der Waals surface area contributed by atoms with Gasteiger partial charge < -0.3 is 19.5 Å². The maximum atomic E-state index is 13.5. The third-order valence-corrected chi connectivity index (χ3v) is 7.94. The van der Waals surface area contributed by atoms with Crippen LogP contribution < -0.4 is 14.8 Å². The third kappa shape index (κ3) is 6.95. The Morgan fingerprint density at radius 3 is 2.73 bits per heavy atom. The lowest BCUT2D eigenvalue weighted by atomic mass is 9.95. The van der Waals surface area contributed by atoms with Crippen LogP contribution in [0.3, 0.4) is 0 Å². The second-order valence-electron chi connectivity index (χ2n) is 9.53. The Hall–Kier alpha value is -2.69. The number of rotatable bonds is 12. The van der Waals surface area contributed by atoms with E-state index in [1.165, 1.54) is 11.8 Å². The highest BCUT2D eigenvalue weighted by Gasteiger charge is 2.36. The van der Waals surface area contributed by atoms with Gasteiger partial charge in [0, 0.05) is 16.5 Å². The molecule has 3 aromatic rings. The van der Waals surface area contributed by atoms with E-state index in [0.29, 0.717) is 62.3 Å². The van der Waals surface area contributed by atoms with Crippen LogP contribution >= 0.6 is 39.3 Å². The first-order chi connectivity index (χ1) is 19.2. The maximum absolute atomic E-state index is 13.5. The topological polar surface area (TPSA) is 87.5 Å². The number of benzene rings is 2. The smallest absolute Gasteiger partial charge is 0.338 e. The Balaban J connectivity index is 1.77. The lowest BCUT2D eigenvalue weighted by Crippen LogP contribution is -2.30. The van der Waals surface area contributed by atoms with Gasteiger partial charge in [-0.2, -0.15) is 4.98 Å². The van der Waals surface area contributed by atoms with Crippen molar-refractivity contribution in [3.8, 4) is 11.5 Å². The SMILES string of the molecule is CCCCOC(=O)C1=C(C)Nc2nc(SCc3ccccc3Cl)nn2C1c1cc(Br)c(OC(C)C)c(OCC)c1. The molecule has 1 N–H and O–H groups in total. The summed E-state index contributed by atoms with van der Waals surface area (Å²) in [5.41, 5.74) is 2.89. The normalized spacial score (nSPS) is 14.7. The van der Waals surface area contributed by atoms with Crippen LogP contribution in [0.4, 0.5) is 5.95 Å². The predicted octanol–water partition coefficient (Wildman–Crippen LogP) is 7.80. The molecule has 0 radical (unpaired) electrons. The van der Waals surface area contributed by atoms with E-state index < -0.39 is 12.0 Å². The number of thioether (sulfide) groups is 1. The van der Waals surface area contributed by atoms with Crippen molar-refractivity contribution < 1.29 is 19.0 Å². The van der Waals surface area contributed by atoms with Gasteiger partial charge in [-0.3, -0.25) is 0 Å². The number of allylic oxidation sites excluding steroid dienone is 1. The molecule has 0 saturated heterocycles. The molecule has 1 atom stereocenters. The number of esters is 1. The second kappa shape index (κ2) is 13.8. The van der Waals surface area contributed by atoms with Crippen LogP contribution in [0, 0.1) is 0 Å². The van der Waals surface area contributed by atoms with Gasteiger partial charge in [0.05, 0.1) is 29.4 Å². The van der Waals surface area contributed by atoms with E-state index in [1.807, 2.05) is 64.1 Å². The van der Waals surface area contributed by atoms with E-state index in [-0.39, 0.29) is 6.10 Å². The molecule has 2 aromatic carbocycles. The van der Waals surface area contributed by atoms with Gasteiger partial charge >= 0.3 is 5.97 Å². The molecular formula is C29H34BrClN4O4S. The van der Waals surface area contributed by atoms with Gasteiger partial charge in [-0.05, 0) is 79.4 Å². The summed E-state index contributed by atoms with van der Waals surface area (Å²) in [6.45, 7) is 10.5. The molecule has 2 heterocycles. The van der Waals surface area contributed by atoms with Crippen molar-refractivity contribution in [2.75, 3.05) is 18.5 Å². The minimum absolute atomic E-state index is 0.0499. The van der Waals surface area contributed by atoms with Crippen molar-refractivity contribution >= 4 is 51.2 Å². The van der Waals surface area contributed by atoms with E-state index >= 15 is 0 Å². The maximum Gasteiger partial charge on any atom is 0.338 e. The standard InChI is InChI=1S/C29H34BrClN4O4S/c1-6-8-13-38-27(36)24-18(5)32-28-33-29(40-16-19-11-9-10-12-22(19)31)34-35(28)25(24)20-14-21(30)26(39-17(3)4)23(15-20)37-7-2/h9-12,14-15,17,25H,6-8,13,16H2,1-5H3,(H,32,33,34). The zero-order chi connectivity index (χ0) is 28.8. The summed E-state index contributed by atoms with van der Waals surface area (Å²) in [5, 5.41) is 9.35. The minimum Gasteiger partial charge on any atom is -0.490 e. The first-order valence-corrected chi connectivity index (χ1v) is 15.5. The molecule has 214 valence electrons. The molecule has 1 aliphatic heterocycles. The van der Waals surface area contributed by atoms with Gasteiger partial charge in [0.2, 0.25) is 11.1 Å². The quantitative estimate of drug-likeness (QED) is 0.121. The van der Waals surface area contributed by atoms with E-state index in [2.05, 4.69) is 28.2 Å². The number of anilines is 1. The van der Waals surface area contributed by atoms with Crippen molar-refractivity contribution in [2.45, 2.75) is 70.5 Å². The number of carbonyl (C=O) groups excluding carboxylic acids is 1. The molecule has 1 aromatic heterocycles. The van der Waals surface area contributed by atoms with Crippen molar-refractivity contribution in [3.05, 3.63) is 68.3 Å². The zero-order valence-electron chi connectivity index (χ0n) is 23.3. The lowest BCUT2D eigenvalue weighted by molar-refractivity contribution is -0.139. The molecular weight excluding hydrogens is 616 g/mol. The Labute approximate surface area is 252 Å². The number of nitrogens with one attached hydrogen (secondary N) is 1. The lowest BCUT2D eigenvalue weighted by Gasteiger charge is -2.29. The Morgan fingerprint density at radius 2 is 2.02 bits per heavy atom. The number of aromatic nitrogens is 3. The van der Waals surface area contributed by atoms with Crippen molar-refractivity contribution in [2.24, 2.45) is 0 Å². The molecule has 0 aliphatic carbocycles. The summed E-state index contributed by atoms with van der Waals surface area (Å²) in [5.74, 6) is 1.92. The van der Waals surface area contributed by atoms with Gasteiger partial charge in [-0.15, -0.1) is 5.10 Å². The van der Waals surface area contributed by atoms with Gasteiger partial charge in [0.1, 0.15) is 6.04 Å². The Bertz CT molecular complexity index is 1390. The van der Waals surface area contributed by atoms with Gasteiger partial charge in [0.15, 0.2) is 11.5 Å². The van der Waals surface area contributed by atoms with Gasteiger partial charge in [-0.25, -0.2) is 9.48 Å². The fraction of sp³-hybridized carbons (Fsp3) is 0.414. The van der Waals surface area contributed by atoms with Crippen LogP contribution in [0.25, 0.3) is 0 Å².